The normalized spacial score (nSPS) is 10.0. The zero-order valence-electron chi connectivity index (χ0n) is 8.38. The SMILES string of the molecule is O=C(O)COc1cccc(-c2c[nH]cn2)c1. The van der Waals surface area contributed by atoms with Crippen LogP contribution in [0.4, 0.5) is 0 Å². The van der Waals surface area contributed by atoms with Gasteiger partial charge in [0, 0.05) is 11.8 Å². The largest absolute Gasteiger partial charge is 0.482 e. The van der Waals surface area contributed by atoms with Crippen molar-refractivity contribution in [1.29, 1.82) is 0 Å². The molecule has 0 aliphatic carbocycles. The van der Waals surface area contributed by atoms with Gasteiger partial charge in [0.15, 0.2) is 6.61 Å². The maximum Gasteiger partial charge on any atom is 0.341 e. The number of ether oxygens (including phenoxy) is 1. The van der Waals surface area contributed by atoms with Crippen LogP contribution in [0.5, 0.6) is 5.75 Å². The molecule has 0 amide bonds. The van der Waals surface area contributed by atoms with Gasteiger partial charge in [-0.05, 0) is 12.1 Å². The fourth-order valence-electron chi connectivity index (χ4n) is 1.31. The second-order valence-corrected chi connectivity index (χ2v) is 3.16. The minimum absolute atomic E-state index is 0.343. The van der Waals surface area contributed by atoms with Gasteiger partial charge in [0.05, 0.1) is 12.0 Å². The van der Waals surface area contributed by atoms with Crippen molar-refractivity contribution in [1.82, 2.24) is 9.97 Å². The number of aliphatic carboxylic acids is 1. The van der Waals surface area contributed by atoms with E-state index in [0.717, 1.165) is 11.3 Å². The van der Waals surface area contributed by atoms with E-state index in [2.05, 4.69) is 9.97 Å². The van der Waals surface area contributed by atoms with E-state index < -0.39 is 5.97 Å². The smallest absolute Gasteiger partial charge is 0.341 e. The Labute approximate surface area is 91.7 Å². The van der Waals surface area contributed by atoms with Gasteiger partial charge in [0.2, 0.25) is 0 Å². The fraction of sp³-hybridized carbons (Fsp3) is 0.0909. The fourth-order valence-corrected chi connectivity index (χ4v) is 1.31. The number of nitrogens with one attached hydrogen (secondary N) is 1. The van der Waals surface area contributed by atoms with Crippen LogP contribution in [-0.4, -0.2) is 27.7 Å². The molecule has 0 saturated carbocycles. The lowest BCUT2D eigenvalue weighted by Crippen LogP contribution is -2.09. The zero-order valence-corrected chi connectivity index (χ0v) is 8.38. The third kappa shape index (κ3) is 2.38. The van der Waals surface area contributed by atoms with Crippen LogP contribution in [-0.2, 0) is 4.79 Å². The molecule has 2 rings (SSSR count). The van der Waals surface area contributed by atoms with E-state index in [1.54, 1.807) is 30.7 Å². The van der Waals surface area contributed by atoms with Gasteiger partial charge >= 0.3 is 5.97 Å². The molecule has 2 aromatic rings. The van der Waals surface area contributed by atoms with Crippen molar-refractivity contribution in [2.24, 2.45) is 0 Å². The van der Waals surface area contributed by atoms with Crippen molar-refractivity contribution in [3.8, 4) is 17.0 Å². The summed E-state index contributed by atoms with van der Waals surface area (Å²) in [4.78, 5) is 17.3. The first-order valence-corrected chi connectivity index (χ1v) is 4.69. The molecular formula is C11H10N2O3. The summed E-state index contributed by atoms with van der Waals surface area (Å²) in [6.07, 6.45) is 3.34. The lowest BCUT2D eigenvalue weighted by atomic mass is 10.1. The maximum atomic E-state index is 10.3. The highest BCUT2D eigenvalue weighted by atomic mass is 16.5. The van der Waals surface area contributed by atoms with Gasteiger partial charge in [-0.25, -0.2) is 9.78 Å². The molecule has 0 atom stereocenters. The van der Waals surface area contributed by atoms with Gasteiger partial charge < -0.3 is 14.8 Å². The Balaban J connectivity index is 2.17. The van der Waals surface area contributed by atoms with Crippen LogP contribution in [0.1, 0.15) is 0 Å². The summed E-state index contributed by atoms with van der Waals surface area (Å²) in [5, 5.41) is 8.49. The molecule has 16 heavy (non-hydrogen) atoms. The molecule has 0 radical (unpaired) electrons. The molecule has 0 unspecified atom stereocenters. The van der Waals surface area contributed by atoms with Crippen molar-refractivity contribution in [3.63, 3.8) is 0 Å². The Kier molecular flexibility index (Phi) is 2.86. The van der Waals surface area contributed by atoms with Gasteiger partial charge in [0.25, 0.3) is 0 Å². The van der Waals surface area contributed by atoms with Crippen LogP contribution in [0.25, 0.3) is 11.3 Å². The number of hydrogen-bond donors (Lipinski definition) is 2. The zero-order chi connectivity index (χ0) is 11.4. The standard InChI is InChI=1S/C11H10N2O3/c14-11(15)6-16-9-3-1-2-8(4-9)10-5-12-7-13-10/h1-5,7H,6H2,(H,12,13)(H,14,15). The number of carboxylic acid groups (broad SMARTS) is 1. The lowest BCUT2D eigenvalue weighted by Gasteiger charge is -2.04. The lowest BCUT2D eigenvalue weighted by molar-refractivity contribution is -0.139. The number of carboxylic acids is 1. The number of carbonyl (C=O) groups is 1. The van der Waals surface area contributed by atoms with Gasteiger partial charge in [-0.2, -0.15) is 0 Å². The second-order valence-electron chi connectivity index (χ2n) is 3.16. The van der Waals surface area contributed by atoms with Crippen LogP contribution in [0, 0.1) is 0 Å². The van der Waals surface area contributed by atoms with Crippen molar-refractivity contribution in [3.05, 3.63) is 36.8 Å². The monoisotopic (exact) mass is 218 g/mol. The Morgan fingerprint density at radius 2 is 2.38 bits per heavy atom. The van der Waals surface area contributed by atoms with Crippen LogP contribution >= 0.6 is 0 Å². The summed E-state index contributed by atoms with van der Waals surface area (Å²) < 4.78 is 5.07. The van der Waals surface area contributed by atoms with Crippen LogP contribution < -0.4 is 4.74 Å². The van der Waals surface area contributed by atoms with Gasteiger partial charge in [-0.15, -0.1) is 0 Å². The summed E-state index contributed by atoms with van der Waals surface area (Å²) >= 11 is 0. The van der Waals surface area contributed by atoms with E-state index in [-0.39, 0.29) is 6.61 Å². The van der Waals surface area contributed by atoms with Crippen molar-refractivity contribution >= 4 is 5.97 Å². The average molecular weight is 218 g/mol. The molecule has 0 spiro atoms. The maximum absolute atomic E-state index is 10.3. The molecule has 0 aliphatic heterocycles. The summed E-state index contributed by atoms with van der Waals surface area (Å²) in [5.41, 5.74) is 1.67. The molecule has 5 nitrogen and oxygen atoms in total. The quantitative estimate of drug-likeness (QED) is 0.816. The number of H-pyrrole nitrogens is 1. The molecule has 0 bridgehead atoms. The first-order valence-electron chi connectivity index (χ1n) is 4.69. The van der Waals surface area contributed by atoms with Crippen molar-refractivity contribution in [2.75, 3.05) is 6.61 Å². The predicted octanol–water partition coefficient (Wildman–Crippen LogP) is 1.54. The number of hydrogen-bond acceptors (Lipinski definition) is 3. The predicted molar refractivity (Wildman–Crippen MR) is 57.2 cm³/mol. The van der Waals surface area contributed by atoms with E-state index in [9.17, 15) is 4.79 Å². The van der Waals surface area contributed by atoms with Gasteiger partial charge in [-0.1, -0.05) is 12.1 Å². The Morgan fingerprint density at radius 1 is 1.50 bits per heavy atom. The number of benzene rings is 1. The molecule has 0 fully saturated rings. The molecule has 1 heterocycles. The molecule has 5 heteroatoms. The van der Waals surface area contributed by atoms with Crippen LogP contribution in [0.15, 0.2) is 36.8 Å². The van der Waals surface area contributed by atoms with E-state index in [0.29, 0.717) is 5.75 Å². The number of aromatic nitrogens is 2. The highest BCUT2D eigenvalue weighted by Gasteiger charge is 2.03. The molecular weight excluding hydrogens is 208 g/mol. The molecule has 2 N–H and O–H groups in total. The first-order chi connectivity index (χ1) is 7.75. The summed E-state index contributed by atoms with van der Waals surface area (Å²) in [6.45, 7) is -0.343. The van der Waals surface area contributed by atoms with Crippen LogP contribution in [0.2, 0.25) is 0 Å². The molecule has 1 aromatic carbocycles. The van der Waals surface area contributed by atoms with E-state index in [1.165, 1.54) is 0 Å². The number of nitrogens with zero attached hydrogens (tertiary/aromatic N) is 1. The Morgan fingerprint density at radius 3 is 3.06 bits per heavy atom. The number of imidazole rings is 1. The van der Waals surface area contributed by atoms with E-state index in [4.69, 9.17) is 9.84 Å². The minimum atomic E-state index is -0.995. The number of rotatable bonds is 4. The van der Waals surface area contributed by atoms with E-state index >= 15 is 0 Å². The van der Waals surface area contributed by atoms with Crippen molar-refractivity contribution in [2.45, 2.75) is 0 Å². The average Bonchev–Trinajstić information content (AvgIpc) is 2.80. The molecule has 0 aliphatic rings. The minimum Gasteiger partial charge on any atom is -0.482 e. The highest BCUT2D eigenvalue weighted by Crippen LogP contribution is 2.21. The van der Waals surface area contributed by atoms with E-state index in [1.807, 2.05) is 6.07 Å². The van der Waals surface area contributed by atoms with Gasteiger partial charge in [0.1, 0.15) is 5.75 Å². The highest BCUT2D eigenvalue weighted by molar-refractivity contribution is 5.68. The number of aromatic amines is 1. The second kappa shape index (κ2) is 4.48. The first kappa shape index (κ1) is 10.2. The molecule has 1 aromatic heterocycles. The molecule has 82 valence electrons. The van der Waals surface area contributed by atoms with Gasteiger partial charge in [-0.3, -0.25) is 0 Å². The Bertz CT molecular complexity index is 480. The summed E-state index contributed by atoms with van der Waals surface area (Å²) in [7, 11) is 0. The summed E-state index contributed by atoms with van der Waals surface area (Å²) in [5.74, 6) is -0.479. The summed E-state index contributed by atoms with van der Waals surface area (Å²) in [6, 6.07) is 7.13. The third-order valence-corrected chi connectivity index (χ3v) is 1.99. The topological polar surface area (TPSA) is 75.2 Å². The van der Waals surface area contributed by atoms with Crippen molar-refractivity contribution < 1.29 is 14.6 Å². The van der Waals surface area contributed by atoms with Crippen LogP contribution in [0.3, 0.4) is 0 Å². The molecule has 0 saturated heterocycles. The third-order valence-electron chi connectivity index (χ3n) is 1.99. The Hall–Kier alpha value is -2.30.